The fourth-order valence-corrected chi connectivity index (χ4v) is 7.45. The molecule has 2 heteroatoms. The molecule has 0 saturated carbocycles. The first-order chi connectivity index (χ1) is 23.6. The Morgan fingerprint density at radius 3 is 1.83 bits per heavy atom. The third-order valence-electron chi connectivity index (χ3n) is 9.94. The highest BCUT2D eigenvalue weighted by Gasteiger charge is 2.18. The smallest absolute Gasteiger partial charge is 0.0540 e. The second-order valence-corrected chi connectivity index (χ2v) is 12.7. The minimum absolute atomic E-state index is 1.13. The monoisotopic (exact) mass is 614 g/mol. The van der Waals surface area contributed by atoms with E-state index in [1.165, 1.54) is 71.4 Å². The molecule has 0 radical (unpaired) electrons. The zero-order valence-electron chi connectivity index (χ0n) is 27.1. The van der Waals surface area contributed by atoms with Crippen molar-refractivity contribution in [2.75, 3.05) is 4.90 Å². The molecule has 228 valence electrons. The Labute approximate surface area is 280 Å². The maximum absolute atomic E-state index is 2.38. The summed E-state index contributed by atoms with van der Waals surface area (Å²) in [4.78, 5) is 2.38. The summed E-state index contributed by atoms with van der Waals surface area (Å²) in [5.41, 5.74) is 10.8. The summed E-state index contributed by atoms with van der Waals surface area (Å²) >= 11 is 0. The summed E-state index contributed by atoms with van der Waals surface area (Å²) in [5, 5.41) is 9.04. The first kappa shape index (κ1) is 28.1. The highest BCUT2D eigenvalue weighted by Crippen LogP contribution is 2.43. The Hall–Kier alpha value is -6.12. The van der Waals surface area contributed by atoms with Gasteiger partial charge in [-0.15, -0.1) is 0 Å². The molecule has 1 heterocycles. The zero-order chi connectivity index (χ0) is 32.2. The molecule has 9 rings (SSSR count). The average molecular weight is 615 g/mol. The molecule has 2 nitrogen and oxygen atoms in total. The summed E-state index contributed by atoms with van der Waals surface area (Å²) in [5.74, 6) is 0. The summed E-state index contributed by atoms with van der Waals surface area (Å²) in [6, 6.07) is 57.2. The molecule has 0 bridgehead atoms. The molecule has 0 amide bonds. The first-order valence-electron chi connectivity index (χ1n) is 16.6. The molecule has 0 aliphatic carbocycles. The molecule has 0 aliphatic rings. The van der Waals surface area contributed by atoms with Gasteiger partial charge in [0.05, 0.1) is 11.2 Å². The SMILES string of the molecule is Cc1c(C)n(-c2ccccc2)c2ccc(C=Cc3ccc(N(c4ccccc4)c4ccc5ccc6cccc7ccc4c5c67)cc3)cc12. The summed E-state index contributed by atoms with van der Waals surface area (Å²) < 4.78 is 2.36. The van der Waals surface area contributed by atoms with Crippen molar-refractivity contribution in [3.63, 3.8) is 0 Å². The van der Waals surface area contributed by atoms with Gasteiger partial charge in [-0.25, -0.2) is 0 Å². The third-order valence-corrected chi connectivity index (χ3v) is 9.94. The standard InChI is InChI=1S/C46H34N2/c1-31-32(2)47(38-12-5-3-6-13-38)44-28-20-34(30-42(31)44)17-16-33-18-25-40(26-19-33)48(39-14-7-4-8-15-39)43-29-24-37-22-21-35-10-9-11-36-23-27-41(43)46(37)45(35)36/h3-30H,1-2H3. The number of hydrogen-bond donors (Lipinski definition) is 0. The molecule has 0 aliphatic heterocycles. The van der Waals surface area contributed by atoms with Crippen LogP contribution in [0.2, 0.25) is 0 Å². The molecule has 0 unspecified atom stereocenters. The van der Waals surface area contributed by atoms with Crippen LogP contribution in [-0.4, -0.2) is 4.57 Å². The van der Waals surface area contributed by atoms with E-state index < -0.39 is 0 Å². The molecule has 9 aromatic rings. The molecule has 48 heavy (non-hydrogen) atoms. The van der Waals surface area contributed by atoms with Crippen molar-refractivity contribution in [2.24, 2.45) is 0 Å². The van der Waals surface area contributed by atoms with Gasteiger partial charge in [-0.2, -0.15) is 0 Å². The lowest BCUT2D eigenvalue weighted by molar-refractivity contribution is 1.04. The molecule has 8 aromatic carbocycles. The lowest BCUT2D eigenvalue weighted by atomic mass is 9.93. The van der Waals surface area contributed by atoms with Gasteiger partial charge in [0.2, 0.25) is 0 Å². The Bertz CT molecular complexity index is 2590. The highest BCUT2D eigenvalue weighted by atomic mass is 15.1. The van der Waals surface area contributed by atoms with Crippen LogP contribution in [0.15, 0.2) is 158 Å². The van der Waals surface area contributed by atoms with Crippen molar-refractivity contribution in [2.45, 2.75) is 13.8 Å². The Morgan fingerprint density at radius 2 is 1.08 bits per heavy atom. The maximum atomic E-state index is 2.38. The van der Waals surface area contributed by atoms with Crippen LogP contribution in [0.25, 0.3) is 61.1 Å². The Kier molecular flexibility index (Phi) is 6.62. The van der Waals surface area contributed by atoms with E-state index in [4.69, 9.17) is 0 Å². The number of anilines is 3. The predicted octanol–water partition coefficient (Wildman–Crippen LogP) is 12.8. The normalized spacial score (nSPS) is 11.9. The van der Waals surface area contributed by atoms with E-state index in [1.54, 1.807) is 0 Å². The van der Waals surface area contributed by atoms with Crippen molar-refractivity contribution < 1.29 is 0 Å². The quantitative estimate of drug-likeness (QED) is 0.134. The van der Waals surface area contributed by atoms with Crippen LogP contribution in [0.5, 0.6) is 0 Å². The van der Waals surface area contributed by atoms with Crippen LogP contribution in [0, 0.1) is 13.8 Å². The van der Waals surface area contributed by atoms with E-state index >= 15 is 0 Å². The summed E-state index contributed by atoms with van der Waals surface area (Å²) in [7, 11) is 0. The average Bonchev–Trinajstić information content (AvgIpc) is 3.40. The minimum atomic E-state index is 1.13. The van der Waals surface area contributed by atoms with Gasteiger partial charge in [-0.05, 0) is 112 Å². The van der Waals surface area contributed by atoms with Gasteiger partial charge in [-0.1, -0.05) is 115 Å². The van der Waals surface area contributed by atoms with Crippen molar-refractivity contribution in [3.8, 4) is 5.69 Å². The lowest BCUT2D eigenvalue weighted by Gasteiger charge is -2.27. The van der Waals surface area contributed by atoms with Crippen LogP contribution in [0.4, 0.5) is 17.1 Å². The van der Waals surface area contributed by atoms with E-state index in [1.807, 2.05) is 0 Å². The molecular formula is C46H34N2. The van der Waals surface area contributed by atoms with Gasteiger partial charge in [0.1, 0.15) is 0 Å². The van der Waals surface area contributed by atoms with Crippen LogP contribution in [-0.2, 0) is 0 Å². The molecule has 0 fully saturated rings. The number of rotatable bonds is 6. The number of nitrogens with zero attached hydrogens (tertiary/aromatic N) is 2. The lowest BCUT2D eigenvalue weighted by Crippen LogP contribution is -2.10. The van der Waals surface area contributed by atoms with Gasteiger partial charge < -0.3 is 9.47 Å². The summed E-state index contributed by atoms with van der Waals surface area (Å²) in [6.07, 6.45) is 4.43. The van der Waals surface area contributed by atoms with Crippen LogP contribution in [0.1, 0.15) is 22.4 Å². The van der Waals surface area contributed by atoms with Gasteiger partial charge in [0, 0.05) is 33.5 Å². The topological polar surface area (TPSA) is 8.17 Å². The van der Waals surface area contributed by atoms with E-state index in [0.717, 1.165) is 16.9 Å². The van der Waals surface area contributed by atoms with E-state index in [2.05, 4.69) is 193 Å². The van der Waals surface area contributed by atoms with E-state index in [0.29, 0.717) is 0 Å². The number of aromatic nitrogens is 1. The Morgan fingerprint density at radius 1 is 0.479 bits per heavy atom. The minimum Gasteiger partial charge on any atom is -0.314 e. The van der Waals surface area contributed by atoms with Crippen LogP contribution < -0.4 is 4.90 Å². The van der Waals surface area contributed by atoms with Gasteiger partial charge in [0.15, 0.2) is 0 Å². The number of hydrogen-bond acceptors (Lipinski definition) is 1. The van der Waals surface area contributed by atoms with Crippen molar-refractivity contribution in [1.82, 2.24) is 4.57 Å². The number of fused-ring (bicyclic) bond motifs is 1. The zero-order valence-corrected chi connectivity index (χ0v) is 27.1. The van der Waals surface area contributed by atoms with Gasteiger partial charge in [-0.3, -0.25) is 0 Å². The van der Waals surface area contributed by atoms with Gasteiger partial charge in [0.25, 0.3) is 0 Å². The second-order valence-electron chi connectivity index (χ2n) is 12.7. The molecule has 1 aromatic heterocycles. The maximum Gasteiger partial charge on any atom is 0.0540 e. The predicted molar refractivity (Wildman–Crippen MR) is 207 cm³/mol. The number of benzene rings is 8. The molecule has 0 atom stereocenters. The van der Waals surface area contributed by atoms with Crippen LogP contribution >= 0.6 is 0 Å². The molecule has 0 N–H and O–H groups in total. The molecule has 0 spiro atoms. The fraction of sp³-hybridized carbons (Fsp3) is 0.0435. The summed E-state index contributed by atoms with van der Waals surface area (Å²) in [6.45, 7) is 4.43. The number of para-hydroxylation sites is 2. The van der Waals surface area contributed by atoms with E-state index in [-0.39, 0.29) is 0 Å². The van der Waals surface area contributed by atoms with Gasteiger partial charge >= 0.3 is 0 Å². The second kappa shape index (κ2) is 11.3. The van der Waals surface area contributed by atoms with Crippen molar-refractivity contribution in [1.29, 1.82) is 0 Å². The largest absolute Gasteiger partial charge is 0.314 e. The number of aryl methyl sites for hydroxylation is 1. The van der Waals surface area contributed by atoms with Crippen molar-refractivity contribution in [3.05, 3.63) is 180 Å². The van der Waals surface area contributed by atoms with Crippen molar-refractivity contribution >= 4 is 72.4 Å². The van der Waals surface area contributed by atoms with Crippen LogP contribution in [0.3, 0.4) is 0 Å². The fourth-order valence-electron chi connectivity index (χ4n) is 7.45. The van der Waals surface area contributed by atoms with E-state index in [9.17, 15) is 0 Å². The first-order valence-corrected chi connectivity index (χ1v) is 16.6. The molecule has 0 saturated heterocycles. The Balaban J connectivity index is 1.09. The highest BCUT2D eigenvalue weighted by molar-refractivity contribution is 6.25. The molecular weight excluding hydrogens is 581 g/mol. The third kappa shape index (κ3) is 4.57.